The minimum atomic E-state index is -1.00. The summed E-state index contributed by atoms with van der Waals surface area (Å²) in [6.45, 7) is 1.74. The number of rotatable bonds is 7. The molecule has 0 saturated heterocycles. The van der Waals surface area contributed by atoms with Gasteiger partial charge >= 0.3 is 5.97 Å². The monoisotopic (exact) mass is 238 g/mol. The zero-order chi connectivity index (χ0) is 11.1. The maximum absolute atomic E-state index is 10.7. The fourth-order valence-electron chi connectivity index (χ4n) is 0.674. The van der Waals surface area contributed by atoms with E-state index in [-0.39, 0.29) is 17.6 Å². The van der Waals surface area contributed by atoms with Gasteiger partial charge in [-0.1, -0.05) is 6.92 Å². The molecule has 0 fully saturated rings. The van der Waals surface area contributed by atoms with E-state index in [0.717, 1.165) is 0 Å². The highest BCUT2D eigenvalue weighted by Gasteiger charge is 2.19. The van der Waals surface area contributed by atoms with Crippen LogP contribution in [-0.4, -0.2) is 40.9 Å². The third kappa shape index (κ3) is 5.51. The van der Waals surface area contributed by atoms with Crippen molar-refractivity contribution in [2.45, 2.75) is 13.0 Å². The molecule has 0 aliphatic rings. The number of carboxylic acid groups (broad SMARTS) is 1. The van der Waals surface area contributed by atoms with Gasteiger partial charge in [0.15, 0.2) is 11.2 Å². The third-order valence-corrected chi connectivity index (χ3v) is 2.64. The molecule has 82 valence electrons. The van der Waals surface area contributed by atoms with Crippen molar-refractivity contribution in [3.05, 3.63) is 0 Å². The van der Waals surface area contributed by atoms with Crippen LogP contribution in [0.4, 0.5) is 0 Å². The van der Waals surface area contributed by atoms with Crippen molar-refractivity contribution in [1.82, 2.24) is 0 Å². The molecule has 2 atom stereocenters. The van der Waals surface area contributed by atoms with Gasteiger partial charge in [0.05, 0.1) is 6.61 Å². The van der Waals surface area contributed by atoms with Gasteiger partial charge in [-0.05, 0) is 6.26 Å². The van der Waals surface area contributed by atoms with Crippen LogP contribution in [0.3, 0.4) is 0 Å². The highest BCUT2D eigenvalue weighted by molar-refractivity contribution is 7.98. The first-order valence-electron chi connectivity index (χ1n) is 4.05. The molecule has 4 nitrogen and oxygen atoms in total. The van der Waals surface area contributed by atoms with Crippen LogP contribution in [-0.2, 0) is 14.3 Å². The van der Waals surface area contributed by atoms with Crippen LogP contribution >= 0.6 is 24.4 Å². The van der Waals surface area contributed by atoms with Gasteiger partial charge in [0.2, 0.25) is 0 Å². The molecule has 0 radical (unpaired) electrons. The van der Waals surface area contributed by atoms with Crippen molar-refractivity contribution in [1.29, 1.82) is 0 Å². The third-order valence-electron chi connectivity index (χ3n) is 1.56. The van der Waals surface area contributed by atoms with Gasteiger partial charge in [-0.3, -0.25) is 4.79 Å². The minimum absolute atomic E-state index is 0.0971. The number of carbonyl (C=O) groups excluding carboxylic acids is 1. The summed E-state index contributed by atoms with van der Waals surface area (Å²) in [5, 5.41) is 8.42. The molecule has 0 amide bonds. The number of hydrogen-bond acceptors (Lipinski definition) is 4. The maximum Gasteiger partial charge on any atom is 0.333 e. The van der Waals surface area contributed by atoms with Gasteiger partial charge in [0, 0.05) is 11.7 Å². The van der Waals surface area contributed by atoms with E-state index >= 15 is 0 Å². The molecule has 0 aromatic rings. The van der Waals surface area contributed by atoms with E-state index < -0.39 is 12.1 Å². The van der Waals surface area contributed by atoms with Crippen molar-refractivity contribution in [3.63, 3.8) is 0 Å². The van der Waals surface area contributed by atoms with E-state index in [1.54, 1.807) is 13.2 Å². The average Bonchev–Trinajstić information content (AvgIpc) is 2.10. The van der Waals surface area contributed by atoms with Crippen LogP contribution < -0.4 is 0 Å². The Labute approximate surface area is 92.8 Å². The predicted octanol–water partition coefficient (Wildman–Crippen LogP) is 0.912. The van der Waals surface area contributed by atoms with Gasteiger partial charge < -0.3 is 9.84 Å². The van der Waals surface area contributed by atoms with Gasteiger partial charge in [0.1, 0.15) is 0 Å². The first-order valence-corrected chi connectivity index (χ1v) is 5.89. The van der Waals surface area contributed by atoms with Gasteiger partial charge in [-0.2, -0.15) is 11.8 Å². The predicted molar refractivity (Wildman–Crippen MR) is 58.9 cm³/mol. The first kappa shape index (κ1) is 13.8. The molecule has 0 aliphatic heterocycles. The van der Waals surface area contributed by atoms with E-state index in [0.29, 0.717) is 5.75 Å². The zero-order valence-electron chi connectivity index (χ0n) is 8.10. The fraction of sp³-hybridized carbons (Fsp3) is 0.750. The van der Waals surface area contributed by atoms with Crippen molar-refractivity contribution in [2.75, 3.05) is 18.6 Å². The summed E-state index contributed by atoms with van der Waals surface area (Å²) in [7, 11) is 0. The normalized spacial score (nSPS) is 14.8. The molecule has 0 spiro atoms. The van der Waals surface area contributed by atoms with E-state index in [2.05, 4.69) is 12.6 Å². The summed E-state index contributed by atoms with van der Waals surface area (Å²) in [5.74, 6) is -0.997. The number of carboxylic acids is 1. The van der Waals surface area contributed by atoms with Crippen LogP contribution in [0.15, 0.2) is 0 Å². The van der Waals surface area contributed by atoms with Crippen molar-refractivity contribution >= 4 is 35.5 Å². The van der Waals surface area contributed by atoms with E-state index in [1.165, 1.54) is 11.8 Å². The van der Waals surface area contributed by atoms with E-state index in [9.17, 15) is 9.59 Å². The zero-order valence-corrected chi connectivity index (χ0v) is 9.81. The lowest BCUT2D eigenvalue weighted by Crippen LogP contribution is -2.29. The fourth-order valence-corrected chi connectivity index (χ4v) is 1.29. The second-order valence-corrected chi connectivity index (χ2v) is 4.21. The molecule has 0 rings (SSSR count). The Balaban J connectivity index is 3.93. The summed E-state index contributed by atoms with van der Waals surface area (Å²) >= 11 is 5.02. The average molecular weight is 238 g/mol. The minimum Gasteiger partial charge on any atom is -0.479 e. The molecule has 0 aromatic carbocycles. The Hall–Kier alpha value is -0.200. The Bertz CT molecular complexity index is 208. The second kappa shape index (κ2) is 7.14. The largest absolute Gasteiger partial charge is 0.479 e. The summed E-state index contributed by atoms with van der Waals surface area (Å²) in [5.41, 5.74) is 0. The number of carbonyl (C=O) groups is 2. The molecule has 0 bridgehead atoms. The van der Waals surface area contributed by atoms with Gasteiger partial charge in [-0.15, -0.1) is 12.6 Å². The molecular weight excluding hydrogens is 224 g/mol. The van der Waals surface area contributed by atoms with Crippen LogP contribution in [0.5, 0.6) is 0 Å². The maximum atomic E-state index is 10.7. The summed E-state index contributed by atoms with van der Waals surface area (Å²) in [4.78, 5) is 21.3. The summed E-state index contributed by atoms with van der Waals surface area (Å²) in [6.07, 6.45) is 0.951. The lowest BCUT2D eigenvalue weighted by Gasteiger charge is -2.14. The molecule has 0 aliphatic carbocycles. The summed E-state index contributed by atoms with van der Waals surface area (Å²) in [6, 6.07) is 0. The Morgan fingerprint density at radius 3 is 2.50 bits per heavy atom. The molecule has 14 heavy (non-hydrogen) atoms. The second-order valence-electron chi connectivity index (χ2n) is 2.85. The molecule has 0 aromatic heterocycles. The smallest absolute Gasteiger partial charge is 0.333 e. The van der Waals surface area contributed by atoms with Crippen molar-refractivity contribution in [2.24, 2.45) is 5.92 Å². The Morgan fingerprint density at radius 2 is 2.14 bits per heavy atom. The Morgan fingerprint density at radius 1 is 1.57 bits per heavy atom. The van der Waals surface area contributed by atoms with Crippen molar-refractivity contribution in [3.8, 4) is 0 Å². The van der Waals surface area contributed by atoms with Gasteiger partial charge in [0.25, 0.3) is 0 Å². The highest BCUT2D eigenvalue weighted by Crippen LogP contribution is 2.07. The van der Waals surface area contributed by atoms with Crippen LogP contribution in [0.25, 0.3) is 0 Å². The molecule has 6 heteroatoms. The van der Waals surface area contributed by atoms with Crippen molar-refractivity contribution < 1.29 is 19.4 Å². The molecule has 0 heterocycles. The van der Waals surface area contributed by atoms with Gasteiger partial charge in [-0.25, -0.2) is 4.79 Å². The lowest BCUT2D eigenvalue weighted by atomic mass is 10.2. The van der Waals surface area contributed by atoms with Crippen LogP contribution in [0.2, 0.25) is 0 Å². The van der Waals surface area contributed by atoms with Crippen LogP contribution in [0, 0.1) is 5.92 Å². The molecule has 0 saturated carbocycles. The quantitative estimate of drug-likeness (QED) is 0.646. The first-order chi connectivity index (χ1) is 6.49. The number of ether oxygens (including phenoxy) is 1. The molecule has 1 N–H and O–H groups in total. The molecule has 0 unspecified atom stereocenters. The topological polar surface area (TPSA) is 63.6 Å². The lowest BCUT2D eigenvalue weighted by molar-refractivity contribution is -0.150. The molecular formula is C8H14O4S2. The Kier molecular flexibility index (Phi) is 7.04. The number of thiol groups is 1. The SMILES string of the molecule is CSC[C@H](OC[C@H](C)C(=O)S)C(=O)O. The number of thioether (sulfide) groups is 1. The van der Waals surface area contributed by atoms with E-state index in [4.69, 9.17) is 9.84 Å². The number of aliphatic carboxylic acids is 1. The van der Waals surface area contributed by atoms with Crippen LogP contribution in [0.1, 0.15) is 6.92 Å². The standard InChI is InChI=1S/C8H14O4S2/c1-5(8(11)13)3-12-6(4-14-2)7(9)10/h5-6H,3-4H2,1-2H3,(H,9,10)(H,11,13)/t5-,6-/m0/s1. The summed E-state index contributed by atoms with van der Waals surface area (Å²) < 4.78 is 5.08. The number of hydrogen-bond donors (Lipinski definition) is 2. The highest BCUT2D eigenvalue weighted by atomic mass is 32.2. The van der Waals surface area contributed by atoms with E-state index in [1.807, 2.05) is 0 Å².